The van der Waals surface area contributed by atoms with Crippen LogP contribution in [0.4, 0.5) is 4.79 Å². The van der Waals surface area contributed by atoms with E-state index in [0.29, 0.717) is 6.54 Å². The summed E-state index contributed by atoms with van der Waals surface area (Å²) in [7, 11) is 0. The minimum atomic E-state index is -1.03. The molecule has 2 amide bonds. The number of carbonyl (C=O) groups excluding carboxylic acids is 2. The number of benzene rings is 3. The first kappa shape index (κ1) is 22.7. The Kier molecular flexibility index (Phi) is 6.23. The van der Waals surface area contributed by atoms with Crippen LogP contribution in [-0.4, -0.2) is 46.7 Å². The number of rotatable bonds is 7. The van der Waals surface area contributed by atoms with Crippen molar-refractivity contribution in [1.29, 1.82) is 0 Å². The zero-order valence-electron chi connectivity index (χ0n) is 19.1. The molecule has 2 atom stereocenters. The van der Waals surface area contributed by atoms with Gasteiger partial charge in [0.1, 0.15) is 6.61 Å². The third-order valence-corrected chi connectivity index (χ3v) is 6.81. The summed E-state index contributed by atoms with van der Waals surface area (Å²) in [5.41, 5.74) is 5.39. The van der Waals surface area contributed by atoms with E-state index in [0.717, 1.165) is 27.8 Å². The van der Waals surface area contributed by atoms with Gasteiger partial charge in [-0.2, -0.15) is 0 Å². The van der Waals surface area contributed by atoms with Crippen LogP contribution in [0.3, 0.4) is 0 Å². The summed E-state index contributed by atoms with van der Waals surface area (Å²) < 4.78 is 5.62. The van der Waals surface area contributed by atoms with E-state index in [1.165, 1.54) is 4.90 Å². The number of hydrogen-bond acceptors (Lipinski definition) is 4. The molecule has 0 aromatic heterocycles. The number of likely N-dealkylation sites (tertiary alicyclic amines) is 1. The first-order valence-corrected chi connectivity index (χ1v) is 11.7. The molecule has 178 valence electrons. The van der Waals surface area contributed by atoms with Crippen LogP contribution < -0.4 is 5.32 Å². The molecule has 0 radical (unpaired) electrons. The van der Waals surface area contributed by atoms with Crippen LogP contribution in [0, 0.1) is 0 Å². The molecule has 1 fully saturated rings. The fourth-order valence-electron chi connectivity index (χ4n) is 5.20. The first-order valence-electron chi connectivity index (χ1n) is 11.7. The summed E-state index contributed by atoms with van der Waals surface area (Å²) >= 11 is 0. The van der Waals surface area contributed by atoms with Crippen LogP contribution in [0.15, 0.2) is 78.9 Å². The molecular weight excluding hydrogens is 444 g/mol. The Morgan fingerprint density at radius 3 is 2.14 bits per heavy atom. The van der Waals surface area contributed by atoms with Crippen LogP contribution in [0.5, 0.6) is 0 Å². The highest BCUT2D eigenvalue weighted by Gasteiger charge is 2.42. The normalized spacial score (nSPS) is 18.7. The highest BCUT2D eigenvalue weighted by Crippen LogP contribution is 2.44. The van der Waals surface area contributed by atoms with E-state index >= 15 is 0 Å². The molecule has 0 saturated carbocycles. The summed E-state index contributed by atoms with van der Waals surface area (Å²) in [6.07, 6.45) is -0.872. The van der Waals surface area contributed by atoms with Gasteiger partial charge in [-0.1, -0.05) is 78.9 Å². The number of carbonyl (C=O) groups is 3. The van der Waals surface area contributed by atoms with E-state index in [1.54, 1.807) is 0 Å². The van der Waals surface area contributed by atoms with Gasteiger partial charge in [-0.3, -0.25) is 9.59 Å². The predicted molar refractivity (Wildman–Crippen MR) is 130 cm³/mol. The van der Waals surface area contributed by atoms with E-state index in [2.05, 4.69) is 17.4 Å². The van der Waals surface area contributed by atoms with Gasteiger partial charge in [0.05, 0.1) is 18.5 Å². The third-order valence-electron chi connectivity index (χ3n) is 6.81. The quantitative estimate of drug-likeness (QED) is 0.540. The van der Waals surface area contributed by atoms with E-state index in [9.17, 15) is 19.5 Å². The van der Waals surface area contributed by atoms with Gasteiger partial charge in [-0.15, -0.1) is 0 Å². The highest BCUT2D eigenvalue weighted by atomic mass is 16.5. The number of nitrogens with zero attached hydrogens (tertiary/aromatic N) is 1. The molecule has 0 bridgehead atoms. The second-order valence-electron chi connectivity index (χ2n) is 8.95. The third kappa shape index (κ3) is 4.62. The number of aliphatic carboxylic acids is 1. The van der Waals surface area contributed by atoms with Gasteiger partial charge < -0.3 is 20.1 Å². The molecule has 1 aliphatic carbocycles. The Labute approximate surface area is 203 Å². The molecular formula is C28H26N2O5. The average molecular weight is 471 g/mol. The zero-order chi connectivity index (χ0) is 24.4. The number of fused-ring (bicyclic) bond motifs is 3. The fraction of sp³-hybridized carbons (Fsp3) is 0.250. The van der Waals surface area contributed by atoms with Gasteiger partial charge in [0.2, 0.25) is 5.91 Å². The second-order valence-corrected chi connectivity index (χ2v) is 8.95. The molecule has 7 nitrogen and oxygen atoms in total. The predicted octanol–water partition coefficient (Wildman–Crippen LogP) is 4.17. The van der Waals surface area contributed by atoms with Crippen molar-refractivity contribution in [1.82, 2.24) is 10.2 Å². The monoisotopic (exact) mass is 470 g/mol. The number of alkyl carbamates (subject to hydrolysis) is 1. The Bertz CT molecular complexity index is 1210. The van der Waals surface area contributed by atoms with E-state index < -0.39 is 24.1 Å². The number of hydrogen-bond donors (Lipinski definition) is 2. The number of ether oxygens (including phenoxy) is 1. The van der Waals surface area contributed by atoms with Crippen molar-refractivity contribution in [2.45, 2.75) is 37.4 Å². The van der Waals surface area contributed by atoms with Crippen molar-refractivity contribution >= 4 is 18.0 Å². The molecule has 3 aromatic rings. The molecule has 1 saturated heterocycles. The number of carboxylic acids is 1. The molecule has 0 spiro atoms. The van der Waals surface area contributed by atoms with Crippen LogP contribution in [0.25, 0.3) is 11.1 Å². The molecule has 0 unspecified atom stereocenters. The molecule has 35 heavy (non-hydrogen) atoms. The molecule has 5 rings (SSSR count). The largest absolute Gasteiger partial charge is 0.481 e. The fourth-order valence-corrected chi connectivity index (χ4v) is 5.20. The van der Waals surface area contributed by atoms with Gasteiger partial charge in [0, 0.05) is 18.9 Å². The van der Waals surface area contributed by atoms with Crippen LogP contribution in [0.2, 0.25) is 0 Å². The van der Waals surface area contributed by atoms with Crippen molar-refractivity contribution in [2.24, 2.45) is 0 Å². The lowest BCUT2D eigenvalue weighted by molar-refractivity contribution is -0.139. The van der Waals surface area contributed by atoms with Crippen LogP contribution >= 0.6 is 0 Å². The van der Waals surface area contributed by atoms with E-state index in [1.807, 2.05) is 66.7 Å². The maximum atomic E-state index is 12.8. The summed E-state index contributed by atoms with van der Waals surface area (Å²) in [5, 5.41) is 12.2. The van der Waals surface area contributed by atoms with Crippen molar-refractivity contribution in [2.75, 3.05) is 6.61 Å². The number of nitrogens with one attached hydrogen (secondary N) is 1. The maximum Gasteiger partial charge on any atom is 0.407 e. The Balaban J connectivity index is 1.27. The SMILES string of the molecule is O=C(O)C[C@@H]1[C@@H](NC(=O)OCC2c3ccccc3-c3ccccc32)CC(=O)N1Cc1ccccc1. The maximum absolute atomic E-state index is 12.8. The number of amides is 2. The topological polar surface area (TPSA) is 95.9 Å². The van der Waals surface area contributed by atoms with Crippen LogP contribution in [0.1, 0.15) is 35.4 Å². The van der Waals surface area contributed by atoms with Crippen molar-refractivity contribution < 1.29 is 24.2 Å². The van der Waals surface area contributed by atoms with Crippen molar-refractivity contribution in [3.63, 3.8) is 0 Å². The Morgan fingerprint density at radius 1 is 0.914 bits per heavy atom. The minimum Gasteiger partial charge on any atom is -0.481 e. The van der Waals surface area contributed by atoms with Gasteiger partial charge in [0.15, 0.2) is 0 Å². The van der Waals surface area contributed by atoms with Gasteiger partial charge in [-0.05, 0) is 27.8 Å². The van der Waals surface area contributed by atoms with Crippen molar-refractivity contribution in [3.8, 4) is 11.1 Å². The van der Waals surface area contributed by atoms with E-state index in [-0.39, 0.29) is 31.3 Å². The van der Waals surface area contributed by atoms with Gasteiger partial charge >= 0.3 is 12.1 Å². The first-order chi connectivity index (χ1) is 17.0. The Morgan fingerprint density at radius 2 is 1.51 bits per heavy atom. The van der Waals surface area contributed by atoms with Gasteiger partial charge in [-0.25, -0.2) is 4.79 Å². The molecule has 2 N–H and O–H groups in total. The lowest BCUT2D eigenvalue weighted by atomic mass is 9.98. The molecule has 2 aliphatic rings. The summed E-state index contributed by atoms with van der Waals surface area (Å²) in [4.78, 5) is 38.6. The molecule has 7 heteroatoms. The van der Waals surface area contributed by atoms with Crippen LogP contribution in [-0.2, 0) is 20.9 Å². The number of carboxylic acid groups (broad SMARTS) is 1. The van der Waals surface area contributed by atoms with Gasteiger partial charge in [0.25, 0.3) is 0 Å². The molecule has 1 heterocycles. The van der Waals surface area contributed by atoms with E-state index in [4.69, 9.17) is 4.74 Å². The lowest BCUT2D eigenvalue weighted by Crippen LogP contribution is -2.46. The second kappa shape index (κ2) is 9.62. The standard InChI is InChI=1S/C28H26N2O5/c31-26-14-24(25(15-27(32)33)30(26)16-18-8-2-1-3-9-18)29-28(34)35-17-23-21-12-6-4-10-19(21)20-11-5-7-13-22(20)23/h1-13,23-25H,14-17H2,(H,29,34)(H,32,33)/t24-,25+/m0/s1. The summed E-state index contributed by atoms with van der Waals surface area (Å²) in [5.74, 6) is -1.30. The zero-order valence-corrected chi connectivity index (χ0v) is 19.1. The highest BCUT2D eigenvalue weighted by molar-refractivity contribution is 5.83. The smallest absolute Gasteiger partial charge is 0.407 e. The summed E-state index contributed by atoms with van der Waals surface area (Å²) in [6, 6.07) is 24.2. The molecule has 1 aliphatic heterocycles. The summed E-state index contributed by atoms with van der Waals surface area (Å²) in [6.45, 7) is 0.443. The molecule has 3 aromatic carbocycles. The Hall–Kier alpha value is -4.13. The minimum absolute atomic E-state index is 0.0367. The lowest BCUT2D eigenvalue weighted by Gasteiger charge is -2.27. The average Bonchev–Trinajstić information content (AvgIpc) is 3.32. The van der Waals surface area contributed by atoms with Crippen molar-refractivity contribution in [3.05, 3.63) is 95.6 Å².